The molecular formula is C14H18FNO3. The monoisotopic (exact) mass is 267 g/mol. The fourth-order valence-electron chi connectivity index (χ4n) is 1.93. The van der Waals surface area contributed by atoms with Crippen molar-refractivity contribution in [2.75, 3.05) is 26.9 Å². The van der Waals surface area contributed by atoms with E-state index >= 15 is 0 Å². The van der Waals surface area contributed by atoms with Gasteiger partial charge in [-0.15, -0.1) is 0 Å². The third kappa shape index (κ3) is 3.44. The molecule has 0 atom stereocenters. The maximum atomic E-state index is 13.5. The van der Waals surface area contributed by atoms with Crippen LogP contribution in [0, 0.1) is 11.2 Å². The molecule has 0 aromatic heterocycles. The van der Waals surface area contributed by atoms with Crippen LogP contribution in [0.4, 0.5) is 4.39 Å². The highest BCUT2D eigenvalue weighted by atomic mass is 19.1. The van der Waals surface area contributed by atoms with Crippen LogP contribution in [0.1, 0.15) is 12.5 Å². The van der Waals surface area contributed by atoms with Gasteiger partial charge in [0.1, 0.15) is 0 Å². The van der Waals surface area contributed by atoms with Crippen molar-refractivity contribution in [3.05, 3.63) is 29.6 Å². The van der Waals surface area contributed by atoms with Crippen molar-refractivity contribution in [1.82, 2.24) is 5.32 Å². The SMILES string of the molecule is COc1ccc(CC(=O)NCC2(C)COC2)cc1F. The molecule has 1 fully saturated rings. The van der Waals surface area contributed by atoms with Crippen LogP contribution in [0.2, 0.25) is 0 Å². The van der Waals surface area contributed by atoms with Gasteiger partial charge in [0.15, 0.2) is 11.6 Å². The summed E-state index contributed by atoms with van der Waals surface area (Å²) in [6, 6.07) is 4.54. The standard InChI is InChI=1S/C14H18FNO3/c1-14(8-19-9-14)7-16-13(17)6-10-3-4-12(18-2)11(15)5-10/h3-5H,6-9H2,1-2H3,(H,16,17). The molecule has 1 amide bonds. The van der Waals surface area contributed by atoms with Gasteiger partial charge >= 0.3 is 0 Å². The lowest BCUT2D eigenvalue weighted by atomic mass is 9.89. The topological polar surface area (TPSA) is 47.6 Å². The average molecular weight is 267 g/mol. The lowest BCUT2D eigenvalue weighted by Crippen LogP contribution is -2.48. The zero-order valence-electron chi connectivity index (χ0n) is 11.2. The van der Waals surface area contributed by atoms with E-state index in [1.54, 1.807) is 6.07 Å². The van der Waals surface area contributed by atoms with Gasteiger partial charge < -0.3 is 14.8 Å². The highest BCUT2D eigenvalue weighted by molar-refractivity contribution is 5.78. The molecule has 1 aliphatic heterocycles. The number of carbonyl (C=O) groups excluding carboxylic acids is 1. The zero-order chi connectivity index (χ0) is 13.9. The van der Waals surface area contributed by atoms with Crippen LogP contribution in [0.25, 0.3) is 0 Å². The number of methoxy groups -OCH3 is 1. The minimum absolute atomic E-state index is 0.0425. The van der Waals surface area contributed by atoms with E-state index in [1.165, 1.54) is 19.2 Å². The highest BCUT2D eigenvalue weighted by Crippen LogP contribution is 2.25. The highest BCUT2D eigenvalue weighted by Gasteiger charge is 2.33. The molecule has 2 rings (SSSR count). The fraction of sp³-hybridized carbons (Fsp3) is 0.500. The second kappa shape index (κ2) is 5.57. The molecule has 0 radical (unpaired) electrons. The lowest BCUT2D eigenvalue weighted by molar-refractivity contribution is -0.126. The van der Waals surface area contributed by atoms with Gasteiger partial charge in [-0.1, -0.05) is 13.0 Å². The second-order valence-corrected chi connectivity index (χ2v) is 5.23. The molecular weight excluding hydrogens is 249 g/mol. The Morgan fingerprint density at radius 3 is 2.79 bits per heavy atom. The van der Waals surface area contributed by atoms with E-state index in [2.05, 4.69) is 12.2 Å². The Morgan fingerprint density at radius 1 is 1.53 bits per heavy atom. The van der Waals surface area contributed by atoms with Gasteiger partial charge in [-0.25, -0.2) is 4.39 Å². The quantitative estimate of drug-likeness (QED) is 0.880. The van der Waals surface area contributed by atoms with Crippen LogP contribution in [0.3, 0.4) is 0 Å². The first kappa shape index (κ1) is 13.8. The number of benzene rings is 1. The molecule has 0 aliphatic carbocycles. The molecule has 1 aliphatic rings. The van der Waals surface area contributed by atoms with Crippen LogP contribution >= 0.6 is 0 Å². The summed E-state index contributed by atoms with van der Waals surface area (Å²) in [7, 11) is 1.41. The number of hydrogen-bond donors (Lipinski definition) is 1. The van der Waals surface area contributed by atoms with E-state index in [0.717, 1.165) is 0 Å². The average Bonchev–Trinajstić information content (AvgIpc) is 2.34. The van der Waals surface area contributed by atoms with Crippen molar-refractivity contribution in [2.24, 2.45) is 5.41 Å². The Balaban J connectivity index is 1.86. The van der Waals surface area contributed by atoms with Gasteiger partial charge in [0.05, 0.1) is 26.7 Å². The number of amides is 1. The predicted octanol–water partition coefficient (Wildman–Crippen LogP) is 1.53. The number of nitrogens with one attached hydrogen (secondary N) is 1. The van der Waals surface area contributed by atoms with Crippen molar-refractivity contribution >= 4 is 5.91 Å². The van der Waals surface area contributed by atoms with Crippen molar-refractivity contribution in [2.45, 2.75) is 13.3 Å². The van der Waals surface area contributed by atoms with Crippen molar-refractivity contribution in [3.8, 4) is 5.75 Å². The molecule has 1 heterocycles. The van der Waals surface area contributed by atoms with E-state index in [1.807, 2.05) is 0 Å². The predicted molar refractivity (Wildman–Crippen MR) is 68.6 cm³/mol. The first-order valence-corrected chi connectivity index (χ1v) is 6.19. The van der Waals surface area contributed by atoms with E-state index < -0.39 is 5.82 Å². The van der Waals surface area contributed by atoms with Crippen molar-refractivity contribution in [3.63, 3.8) is 0 Å². The van der Waals surface area contributed by atoms with Gasteiger partial charge in [-0.2, -0.15) is 0 Å². The molecule has 0 spiro atoms. The summed E-state index contributed by atoms with van der Waals surface area (Å²) in [6.07, 6.45) is 0.165. The van der Waals surface area contributed by atoms with Crippen molar-refractivity contribution < 1.29 is 18.7 Å². The Bertz CT molecular complexity index is 472. The molecule has 4 nitrogen and oxygen atoms in total. The number of ether oxygens (including phenoxy) is 2. The molecule has 0 bridgehead atoms. The van der Waals surface area contributed by atoms with E-state index in [-0.39, 0.29) is 23.5 Å². The van der Waals surface area contributed by atoms with Gasteiger partial charge in [0, 0.05) is 12.0 Å². The fourth-order valence-corrected chi connectivity index (χ4v) is 1.93. The summed E-state index contributed by atoms with van der Waals surface area (Å²) in [4.78, 5) is 11.8. The summed E-state index contributed by atoms with van der Waals surface area (Å²) >= 11 is 0. The number of carbonyl (C=O) groups is 1. The van der Waals surface area contributed by atoms with Gasteiger partial charge in [0.2, 0.25) is 5.91 Å². The normalized spacial score (nSPS) is 16.6. The van der Waals surface area contributed by atoms with Gasteiger partial charge in [0.25, 0.3) is 0 Å². The lowest BCUT2D eigenvalue weighted by Gasteiger charge is -2.38. The summed E-state index contributed by atoms with van der Waals surface area (Å²) < 4.78 is 23.4. The summed E-state index contributed by atoms with van der Waals surface area (Å²) in [5.41, 5.74) is 0.673. The van der Waals surface area contributed by atoms with E-state index in [4.69, 9.17) is 9.47 Å². The smallest absolute Gasteiger partial charge is 0.224 e. The molecule has 1 N–H and O–H groups in total. The summed E-state index contributed by atoms with van der Waals surface area (Å²) in [6.45, 7) is 3.99. The van der Waals surface area contributed by atoms with E-state index in [9.17, 15) is 9.18 Å². The molecule has 19 heavy (non-hydrogen) atoms. The Labute approximate surface area is 111 Å². The van der Waals surface area contributed by atoms with Crippen LogP contribution in [-0.2, 0) is 16.0 Å². The minimum Gasteiger partial charge on any atom is -0.494 e. The summed E-state index contributed by atoms with van der Waals surface area (Å²) in [5.74, 6) is -0.381. The molecule has 0 unspecified atom stereocenters. The first-order valence-electron chi connectivity index (χ1n) is 6.19. The zero-order valence-corrected chi connectivity index (χ0v) is 11.2. The number of hydrogen-bond acceptors (Lipinski definition) is 3. The Morgan fingerprint density at radius 2 is 2.26 bits per heavy atom. The third-order valence-electron chi connectivity index (χ3n) is 3.19. The van der Waals surface area contributed by atoms with Crippen LogP contribution < -0.4 is 10.1 Å². The van der Waals surface area contributed by atoms with Crippen LogP contribution in [0.15, 0.2) is 18.2 Å². The Kier molecular flexibility index (Phi) is 4.04. The molecule has 1 aromatic carbocycles. The largest absolute Gasteiger partial charge is 0.494 e. The van der Waals surface area contributed by atoms with Gasteiger partial charge in [-0.3, -0.25) is 4.79 Å². The third-order valence-corrected chi connectivity index (χ3v) is 3.19. The van der Waals surface area contributed by atoms with Gasteiger partial charge in [-0.05, 0) is 17.7 Å². The van der Waals surface area contributed by atoms with E-state index in [0.29, 0.717) is 25.3 Å². The first-order chi connectivity index (χ1) is 9.02. The Hall–Kier alpha value is -1.62. The summed E-state index contributed by atoms with van der Waals surface area (Å²) in [5, 5.41) is 2.85. The van der Waals surface area contributed by atoms with Crippen LogP contribution in [-0.4, -0.2) is 32.8 Å². The molecule has 5 heteroatoms. The van der Waals surface area contributed by atoms with Crippen LogP contribution in [0.5, 0.6) is 5.75 Å². The number of rotatable bonds is 5. The molecule has 104 valence electrons. The number of halogens is 1. The second-order valence-electron chi connectivity index (χ2n) is 5.23. The maximum absolute atomic E-state index is 13.5. The molecule has 0 saturated carbocycles. The van der Waals surface area contributed by atoms with Crippen molar-refractivity contribution in [1.29, 1.82) is 0 Å². The molecule has 1 aromatic rings. The molecule has 1 saturated heterocycles. The maximum Gasteiger partial charge on any atom is 0.224 e. The minimum atomic E-state index is -0.452.